The maximum absolute atomic E-state index is 12.0. The summed E-state index contributed by atoms with van der Waals surface area (Å²) in [5, 5.41) is 2.90. The van der Waals surface area contributed by atoms with Crippen LogP contribution in [0.3, 0.4) is 0 Å². The molecule has 0 spiro atoms. The van der Waals surface area contributed by atoms with Crippen molar-refractivity contribution in [2.45, 2.75) is 39.2 Å². The first kappa shape index (κ1) is 14.2. The van der Waals surface area contributed by atoms with Gasteiger partial charge in [0.25, 0.3) is 0 Å². The number of halogens is 1. The highest BCUT2D eigenvalue weighted by Gasteiger charge is 2.26. The van der Waals surface area contributed by atoms with E-state index in [9.17, 15) is 4.79 Å². The predicted molar refractivity (Wildman–Crippen MR) is 75.0 cm³/mol. The SMILES string of the molecule is CCc1cc(Br)ccc1NC(=O)C(C)(N)CC. The van der Waals surface area contributed by atoms with Crippen LogP contribution in [0.2, 0.25) is 0 Å². The summed E-state index contributed by atoms with van der Waals surface area (Å²) in [4.78, 5) is 12.0. The van der Waals surface area contributed by atoms with Gasteiger partial charge in [-0.3, -0.25) is 4.79 Å². The molecule has 0 fully saturated rings. The quantitative estimate of drug-likeness (QED) is 0.897. The lowest BCUT2D eigenvalue weighted by atomic mass is 9.99. The molecule has 0 saturated heterocycles. The van der Waals surface area contributed by atoms with Crippen molar-refractivity contribution in [2.24, 2.45) is 5.73 Å². The highest BCUT2D eigenvalue weighted by molar-refractivity contribution is 9.10. The van der Waals surface area contributed by atoms with Crippen molar-refractivity contribution >= 4 is 27.5 Å². The Labute approximate surface area is 111 Å². The van der Waals surface area contributed by atoms with E-state index in [1.54, 1.807) is 6.92 Å². The minimum Gasteiger partial charge on any atom is -0.324 e. The summed E-state index contributed by atoms with van der Waals surface area (Å²) < 4.78 is 1.01. The molecule has 0 aliphatic rings. The smallest absolute Gasteiger partial charge is 0.244 e. The van der Waals surface area contributed by atoms with Crippen molar-refractivity contribution in [3.05, 3.63) is 28.2 Å². The lowest BCUT2D eigenvalue weighted by Crippen LogP contribution is -2.47. The van der Waals surface area contributed by atoms with Gasteiger partial charge in [0.1, 0.15) is 0 Å². The molecule has 1 aromatic rings. The fraction of sp³-hybridized carbons (Fsp3) is 0.462. The highest BCUT2D eigenvalue weighted by atomic mass is 79.9. The molecule has 0 radical (unpaired) electrons. The second-order valence-electron chi connectivity index (χ2n) is 4.38. The van der Waals surface area contributed by atoms with Crippen LogP contribution in [0.5, 0.6) is 0 Å². The van der Waals surface area contributed by atoms with E-state index in [4.69, 9.17) is 5.73 Å². The monoisotopic (exact) mass is 298 g/mol. The Morgan fingerprint density at radius 2 is 2.12 bits per heavy atom. The zero-order valence-electron chi connectivity index (χ0n) is 10.5. The molecule has 1 atom stereocenters. The van der Waals surface area contributed by atoms with Crippen molar-refractivity contribution in [3.8, 4) is 0 Å². The van der Waals surface area contributed by atoms with E-state index in [0.717, 1.165) is 22.1 Å². The summed E-state index contributed by atoms with van der Waals surface area (Å²) in [5.41, 5.74) is 7.02. The average molecular weight is 299 g/mol. The van der Waals surface area contributed by atoms with Crippen molar-refractivity contribution in [1.29, 1.82) is 0 Å². The Kier molecular flexibility index (Phi) is 4.71. The normalized spacial score (nSPS) is 14.2. The second-order valence-corrected chi connectivity index (χ2v) is 5.30. The highest BCUT2D eigenvalue weighted by Crippen LogP contribution is 2.22. The molecule has 17 heavy (non-hydrogen) atoms. The van der Waals surface area contributed by atoms with E-state index >= 15 is 0 Å². The summed E-state index contributed by atoms with van der Waals surface area (Å²) in [5.74, 6) is -0.142. The Morgan fingerprint density at radius 3 is 2.65 bits per heavy atom. The first-order chi connectivity index (χ1) is 7.90. The third kappa shape index (κ3) is 3.54. The van der Waals surface area contributed by atoms with E-state index in [1.807, 2.05) is 25.1 Å². The van der Waals surface area contributed by atoms with Gasteiger partial charge in [-0.1, -0.05) is 29.8 Å². The van der Waals surface area contributed by atoms with Crippen LogP contribution in [-0.2, 0) is 11.2 Å². The van der Waals surface area contributed by atoms with Gasteiger partial charge in [-0.25, -0.2) is 0 Å². The summed E-state index contributed by atoms with van der Waals surface area (Å²) in [6.07, 6.45) is 1.47. The van der Waals surface area contributed by atoms with Gasteiger partial charge >= 0.3 is 0 Å². The number of carbonyl (C=O) groups excluding carboxylic acids is 1. The number of carbonyl (C=O) groups is 1. The number of anilines is 1. The largest absolute Gasteiger partial charge is 0.324 e. The van der Waals surface area contributed by atoms with E-state index < -0.39 is 5.54 Å². The summed E-state index contributed by atoms with van der Waals surface area (Å²) in [6, 6.07) is 5.82. The zero-order chi connectivity index (χ0) is 13.1. The van der Waals surface area contributed by atoms with E-state index in [2.05, 4.69) is 28.2 Å². The van der Waals surface area contributed by atoms with Crippen molar-refractivity contribution in [1.82, 2.24) is 0 Å². The molecule has 0 heterocycles. The average Bonchev–Trinajstić information content (AvgIpc) is 2.31. The molecule has 94 valence electrons. The molecular formula is C13H19BrN2O. The Balaban J connectivity index is 2.92. The molecular weight excluding hydrogens is 280 g/mol. The number of amides is 1. The molecule has 1 aromatic carbocycles. The molecule has 4 heteroatoms. The van der Waals surface area contributed by atoms with Crippen LogP contribution in [0.4, 0.5) is 5.69 Å². The number of rotatable bonds is 4. The van der Waals surface area contributed by atoms with Gasteiger partial charge in [-0.05, 0) is 43.5 Å². The van der Waals surface area contributed by atoms with Crippen LogP contribution in [0.1, 0.15) is 32.8 Å². The Morgan fingerprint density at radius 1 is 1.47 bits per heavy atom. The Hall–Kier alpha value is -0.870. The molecule has 3 N–H and O–H groups in total. The third-order valence-electron chi connectivity index (χ3n) is 2.95. The minimum absolute atomic E-state index is 0.142. The Bertz CT molecular complexity index is 416. The number of nitrogens with one attached hydrogen (secondary N) is 1. The minimum atomic E-state index is -0.821. The first-order valence-corrected chi connectivity index (χ1v) is 6.58. The summed E-state index contributed by atoms with van der Waals surface area (Å²) in [7, 11) is 0. The molecule has 0 aromatic heterocycles. The standard InChI is InChI=1S/C13H19BrN2O/c1-4-9-8-10(14)6-7-11(9)16-12(17)13(3,15)5-2/h6-8H,4-5,15H2,1-3H3,(H,16,17). The van der Waals surface area contributed by atoms with Gasteiger partial charge in [0.15, 0.2) is 0 Å². The van der Waals surface area contributed by atoms with Crippen LogP contribution in [0.25, 0.3) is 0 Å². The van der Waals surface area contributed by atoms with E-state index in [0.29, 0.717) is 6.42 Å². The van der Waals surface area contributed by atoms with Crippen molar-refractivity contribution < 1.29 is 4.79 Å². The predicted octanol–water partition coefficient (Wildman–Crippen LogP) is 3.08. The third-order valence-corrected chi connectivity index (χ3v) is 3.44. The number of nitrogens with two attached hydrogens (primary N) is 1. The van der Waals surface area contributed by atoms with Crippen LogP contribution in [0, 0.1) is 0 Å². The lowest BCUT2D eigenvalue weighted by Gasteiger charge is -2.22. The number of benzene rings is 1. The van der Waals surface area contributed by atoms with Crippen LogP contribution >= 0.6 is 15.9 Å². The number of aryl methyl sites for hydroxylation is 1. The number of hydrogen-bond donors (Lipinski definition) is 2. The molecule has 0 saturated carbocycles. The van der Waals surface area contributed by atoms with Gasteiger partial charge in [0, 0.05) is 10.2 Å². The van der Waals surface area contributed by atoms with Crippen molar-refractivity contribution in [2.75, 3.05) is 5.32 Å². The van der Waals surface area contributed by atoms with E-state index in [1.165, 1.54) is 0 Å². The fourth-order valence-corrected chi connectivity index (χ4v) is 1.81. The first-order valence-electron chi connectivity index (χ1n) is 5.79. The van der Waals surface area contributed by atoms with Gasteiger partial charge in [-0.2, -0.15) is 0 Å². The van der Waals surface area contributed by atoms with Crippen LogP contribution in [-0.4, -0.2) is 11.4 Å². The summed E-state index contributed by atoms with van der Waals surface area (Å²) in [6.45, 7) is 5.70. The maximum Gasteiger partial charge on any atom is 0.244 e. The van der Waals surface area contributed by atoms with E-state index in [-0.39, 0.29) is 5.91 Å². The molecule has 1 unspecified atom stereocenters. The maximum atomic E-state index is 12.0. The fourth-order valence-electron chi connectivity index (χ4n) is 1.40. The van der Waals surface area contributed by atoms with Crippen LogP contribution in [0.15, 0.2) is 22.7 Å². The molecule has 0 bridgehead atoms. The lowest BCUT2D eigenvalue weighted by molar-refractivity contribution is -0.120. The van der Waals surface area contributed by atoms with Gasteiger partial charge in [0.2, 0.25) is 5.91 Å². The molecule has 3 nitrogen and oxygen atoms in total. The van der Waals surface area contributed by atoms with Gasteiger partial charge < -0.3 is 11.1 Å². The number of hydrogen-bond acceptors (Lipinski definition) is 2. The molecule has 1 rings (SSSR count). The zero-order valence-corrected chi connectivity index (χ0v) is 12.1. The van der Waals surface area contributed by atoms with Gasteiger partial charge in [-0.15, -0.1) is 0 Å². The van der Waals surface area contributed by atoms with Gasteiger partial charge in [0.05, 0.1) is 5.54 Å². The molecule has 0 aliphatic carbocycles. The second kappa shape index (κ2) is 5.65. The summed E-state index contributed by atoms with van der Waals surface area (Å²) >= 11 is 3.42. The van der Waals surface area contributed by atoms with Crippen LogP contribution < -0.4 is 11.1 Å². The molecule has 1 amide bonds. The molecule has 0 aliphatic heterocycles. The van der Waals surface area contributed by atoms with Crippen molar-refractivity contribution in [3.63, 3.8) is 0 Å². The topological polar surface area (TPSA) is 55.1 Å².